The third kappa shape index (κ3) is 7.35. The molecule has 4 heterocycles. The van der Waals surface area contributed by atoms with E-state index in [9.17, 15) is 39.8 Å². The molecule has 9 atom stereocenters. The third-order valence-corrected chi connectivity index (χ3v) is 11.8. The van der Waals surface area contributed by atoms with Gasteiger partial charge in [-0.1, -0.05) is 45.9 Å². The minimum Gasteiger partial charge on any atom is -0.507 e. The molecule has 16 nitrogen and oxygen atoms in total. The lowest BCUT2D eigenvalue weighted by Gasteiger charge is -2.36. The number of phenols is 2. The van der Waals surface area contributed by atoms with Crippen LogP contribution in [0.15, 0.2) is 54.5 Å². The van der Waals surface area contributed by atoms with Crippen molar-refractivity contribution in [2.75, 3.05) is 12.4 Å². The number of benzene rings is 2. The first-order valence-corrected chi connectivity index (χ1v) is 19.3. The maximum absolute atomic E-state index is 14.6. The Bertz CT molecular complexity index is 2490. The van der Waals surface area contributed by atoms with E-state index in [2.05, 4.69) is 5.32 Å². The van der Waals surface area contributed by atoms with Crippen LogP contribution in [-0.2, 0) is 23.8 Å². The van der Waals surface area contributed by atoms with Crippen molar-refractivity contribution in [3.8, 4) is 17.2 Å². The largest absolute Gasteiger partial charge is 0.507 e. The number of ether oxygens (including phenoxy) is 4. The molecule has 4 N–H and O–H groups in total. The number of nitrogens with one attached hydrogen (secondary N) is 1. The Kier molecular flexibility index (Phi) is 11.5. The van der Waals surface area contributed by atoms with Gasteiger partial charge in [0.15, 0.2) is 5.75 Å². The number of nitrogens with zero attached hydrogens (tertiary/aromatic N) is 3. The number of pyridine rings is 1. The molecule has 4 bridgehead atoms. The number of hydrogen-bond acceptors (Lipinski definition) is 13. The summed E-state index contributed by atoms with van der Waals surface area (Å²) in [5.41, 5.74) is 1.92. The predicted octanol–water partition coefficient (Wildman–Crippen LogP) is 6.44. The summed E-state index contributed by atoms with van der Waals surface area (Å²) in [4.78, 5) is 57.9. The number of aromatic hydroxyl groups is 2. The summed E-state index contributed by atoms with van der Waals surface area (Å²) < 4.78 is 25.4. The van der Waals surface area contributed by atoms with E-state index in [1.807, 2.05) is 13.0 Å². The number of aliphatic hydroxyl groups is 1. The number of rotatable bonds is 3. The number of aryl methyl sites for hydroxylation is 1. The standard InChI is InChI=1S/C43H50N4O12/c1-19-14-16-46-28(18-19)44-32-29-30-37(50)25(7)40-31(29)41(52)43(9,59-40)57-17-15-27(56-10)22(4)39(58-26(8)48)24(6)34(47(54)55)23(5)36(49)20(2)12-11-13-21(3)42(53)45-33(35(32)46)38(30)51/h11-18,20,22-24,27,34,36,39,49-51H,1-10H3,(H,45,53)/b12-11+,17-15+,21-13-. The zero-order chi connectivity index (χ0) is 43.4. The Morgan fingerprint density at radius 1 is 1.05 bits per heavy atom. The maximum Gasteiger partial charge on any atom is 0.312 e. The summed E-state index contributed by atoms with van der Waals surface area (Å²) >= 11 is 0. The molecule has 1 amide bonds. The fourth-order valence-corrected chi connectivity index (χ4v) is 8.41. The van der Waals surface area contributed by atoms with Crippen molar-refractivity contribution >= 4 is 50.8 Å². The van der Waals surface area contributed by atoms with Crippen LogP contribution < -0.4 is 10.1 Å². The van der Waals surface area contributed by atoms with Crippen LogP contribution in [0.1, 0.15) is 70.0 Å². The monoisotopic (exact) mass is 814 g/mol. The number of allylic oxidation sites excluding steroid dienone is 2. The van der Waals surface area contributed by atoms with Crippen LogP contribution in [0.2, 0.25) is 0 Å². The summed E-state index contributed by atoms with van der Waals surface area (Å²) in [5, 5.41) is 50.6. The van der Waals surface area contributed by atoms with Crippen LogP contribution in [0.3, 0.4) is 0 Å². The Balaban J connectivity index is 1.59. The van der Waals surface area contributed by atoms with Gasteiger partial charge in [-0.3, -0.25) is 28.9 Å². The molecule has 6 rings (SSSR count). The topological polar surface area (TPSA) is 221 Å². The smallest absolute Gasteiger partial charge is 0.312 e. The normalized spacial score (nSPS) is 30.1. The highest BCUT2D eigenvalue weighted by Gasteiger charge is 2.50. The highest BCUT2D eigenvalue weighted by molar-refractivity contribution is 6.28. The molecular formula is C43H50N4O12. The van der Waals surface area contributed by atoms with Crippen LogP contribution >= 0.6 is 0 Å². The van der Waals surface area contributed by atoms with Crippen LogP contribution in [-0.4, -0.2) is 84.5 Å². The van der Waals surface area contributed by atoms with Crippen molar-refractivity contribution in [2.45, 2.75) is 92.5 Å². The molecule has 2 aromatic heterocycles. The van der Waals surface area contributed by atoms with Crippen molar-refractivity contribution in [1.29, 1.82) is 0 Å². The van der Waals surface area contributed by atoms with E-state index < -0.39 is 87.9 Å². The van der Waals surface area contributed by atoms with Crippen molar-refractivity contribution in [1.82, 2.24) is 9.38 Å². The highest BCUT2D eigenvalue weighted by atomic mass is 16.7. The molecule has 2 aliphatic rings. The summed E-state index contributed by atoms with van der Waals surface area (Å²) in [7, 11) is 1.40. The van der Waals surface area contributed by atoms with Crippen molar-refractivity contribution < 1.29 is 53.6 Å². The minimum absolute atomic E-state index is 0.00512. The number of hydrogen-bond donors (Lipinski definition) is 4. The van der Waals surface area contributed by atoms with Gasteiger partial charge >= 0.3 is 11.8 Å². The first kappa shape index (κ1) is 42.6. The van der Waals surface area contributed by atoms with Gasteiger partial charge in [-0.05, 0) is 44.5 Å². The number of amides is 1. The quantitative estimate of drug-likeness (QED) is 0.0758. The number of esters is 1. The first-order chi connectivity index (χ1) is 27.7. The van der Waals surface area contributed by atoms with Crippen LogP contribution in [0.4, 0.5) is 5.69 Å². The van der Waals surface area contributed by atoms with E-state index in [0.29, 0.717) is 5.65 Å². The van der Waals surface area contributed by atoms with E-state index in [4.69, 9.17) is 23.9 Å². The molecule has 0 fully saturated rings. The fourth-order valence-electron chi connectivity index (χ4n) is 8.41. The number of imidazole rings is 1. The molecule has 4 aromatic rings. The Morgan fingerprint density at radius 2 is 1.75 bits per heavy atom. The van der Waals surface area contributed by atoms with Gasteiger partial charge in [0.25, 0.3) is 11.7 Å². The van der Waals surface area contributed by atoms with Crippen LogP contribution in [0.5, 0.6) is 17.2 Å². The van der Waals surface area contributed by atoms with Crippen molar-refractivity contribution in [2.24, 2.45) is 23.7 Å². The Morgan fingerprint density at radius 3 is 2.39 bits per heavy atom. The Labute approximate surface area is 340 Å². The number of methoxy groups -OCH3 is 1. The van der Waals surface area contributed by atoms with Gasteiger partial charge in [0.05, 0.1) is 41.3 Å². The first-order valence-electron chi connectivity index (χ1n) is 19.3. The van der Waals surface area contributed by atoms with Gasteiger partial charge in [-0.25, -0.2) is 4.98 Å². The number of fused-ring (bicyclic) bond motifs is 2. The SMILES string of the molecule is COC1/C=C/OC2(C)Oc3c(C)c(O)c4c(O)c(c5c(nc6cc(C)ccn65)c4c3C2=O)NC(=O)/C(C)=C\C=C\C(C)C(O)C(C)C([N+](=O)[O-])C(C)C(OC(C)=O)C1C. The zero-order valence-corrected chi connectivity index (χ0v) is 34.6. The molecule has 0 aliphatic carbocycles. The van der Waals surface area contributed by atoms with Gasteiger partial charge < -0.3 is 39.6 Å². The third-order valence-electron chi connectivity index (χ3n) is 11.8. The number of nitro groups is 1. The lowest BCUT2D eigenvalue weighted by Crippen LogP contribution is -2.49. The number of aliphatic hydroxyl groups excluding tert-OH is 1. The van der Waals surface area contributed by atoms with Crippen molar-refractivity contribution in [3.63, 3.8) is 0 Å². The molecule has 2 aliphatic heterocycles. The average molecular weight is 815 g/mol. The van der Waals surface area contributed by atoms with Gasteiger partial charge in [0, 0.05) is 60.4 Å². The molecule has 9 unspecified atom stereocenters. The summed E-state index contributed by atoms with van der Waals surface area (Å²) in [6, 6.07) is 2.22. The fraction of sp³-hybridized carbons (Fsp3) is 0.442. The molecule has 2 aromatic carbocycles. The second-order valence-corrected chi connectivity index (χ2v) is 15.9. The average Bonchev–Trinajstić information content (AvgIpc) is 3.68. The van der Waals surface area contributed by atoms with E-state index in [1.54, 1.807) is 56.5 Å². The molecule has 314 valence electrons. The summed E-state index contributed by atoms with van der Waals surface area (Å²) in [6.07, 6.45) is 5.83. The van der Waals surface area contributed by atoms with Gasteiger partial charge in [-0.2, -0.15) is 0 Å². The highest BCUT2D eigenvalue weighted by Crippen LogP contribution is 2.54. The number of carbonyl (C=O) groups excluding carboxylic acids is 3. The van der Waals surface area contributed by atoms with E-state index in [-0.39, 0.29) is 49.9 Å². The number of Topliss-reactive ketones (excluding diaryl/α,β-unsaturated/α-hetero) is 1. The number of ketones is 1. The van der Waals surface area contributed by atoms with Gasteiger partial charge in [-0.15, -0.1) is 0 Å². The van der Waals surface area contributed by atoms with E-state index in [0.717, 1.165) is 5.56 Å². The van der Waals surface area contributed by atoms with E-state index >= 15 is 0 Å². The molecule has 0 saturated heterocycles. The minimum atomic E-state index is -2.01. The number of phenolic OH excluding ortho intramolecular Hbond substituents is 2. The lowest BCUT2D eigenvalue weighted by molar-refractivity contribution is -0.546. The zero-order valence-electron chi connectivity index (χ0n) is 34.6. The van der Waals surface area contributed by atoms with Crippen molar-refractivity contribution in [3.05, 3.63) is 81.3 Å². The molecule has 0 saturated carbocycles. The number of anilines is 1. The lowest BCUT2D eigenvalue weighted by atomic mass is 9.77. The van der Waals surface area contributed by atoms with Gasteiger partial charge in [0.2, 0.25) is 6.04 Å². The molecular weight excluding hydrogens is 764 g/mol. The second-order valence-electron chi connectivity index (χ2n) is 15.9. The predicted molar refractivity (Wildman–Crippen MR) is 218 cm³/mol. The number of aromatic nitrogens is 2. The summed E-state index contributed by atoms with van der Waals surface area (Å²) in [5.74, 6) is -8.14. The number of carbonyl (C=O) groups is 3. The molecule has 16 heteroatoms. The molecule has 0 spiro atoms. The molecule has 0 radical (unpaired) electrons. The van der Waals surface area contributed by atoms with E-state index in [1.165, 1.54) is 53.2 Å². The van der Waals surface area contributed by atoms with Crippen LogP contribution in [0.25, 0.3) is 27.5 Å². The van der Waals surface area contributed by atoms with Crippen LogP contribution in [0, 0.1) is 47.6 Å². The summed E-state index contributed by atoms with van der Waals surface area (Å²) in [6.45, 7) is 14.0. The molecule has 59 heavy (non-hydrogen) atoms. The Hall–Kier alpha value is -6.00. The van der Waals surface area contributed by atoms with Gasteiger partial charge in [0.1, 0.15) is 40.0 Å². The maximum atomic E-state index is 14.6. The second kappa shape index (κ2) is 16.0.